The lowest BCUT2D eigenvalue weighted by Gasteiger charge is -2.26. The van der Waals surface area contributed by atoms with Crippen molar-refractivity contribution in [3.63, 3.8) is 0 Å². The topological polar surface area (TPSA) is 109 Å². The molecule has 2 aromatic heterocycles. The molecule has 1 amide bonds. The molecule has 10 heteroatoms. The normalized spacial score (nSPS) is 16.9. The average Bonchev–Trinajstić information content (AvgIpc) is 3.45. The van der Waals surface area contributed by atoms with E-state index in [2.05, 4.69) is 15.4 Å². The van der Waals surface area contributed by atoms with Crippen LogP contribution in [0.5, 0.6) is 5.75 Å². The van der Waals surface area contributed by atoms with Crippen molar-refractivity contribution in [3.8, 4) is 16.9 Å². The summed E-state index contributed by atoms with van der Waals surface area (Å²) in [4.78, 5) is 28.7. The Morgan fingerprint density at radius 3 is 2.35 bits per heavy atom. The predicted octanol–water partition coefficient (Wildman–Crippen LogP) is 7.49. The van der Waals surface area contributed by atoms with Crippen molar-refractivity contribution in [2.24, 2.45) is 13.0 Å². The van der Waals surface area contributed by atoms with Gasteiger partial charge in [0.1, 0.15) is 11.4 Å². The third kappa shape index (κ3) is 6.27. The van der Waals surface area contributed by atoms with Gasteiger partial charge in [-0.2, -0.15) is 5.10 Å². The number of aliphatic carboxylic acids is 1. The minimum absolute atomic E-state index is 0.0760. The quantitative estimate of drug-likeness (QED) is 0.167. The molecule has 1 saturated carbocycles. The Morgan fingerprint density at radius 1 is 1.07 bits per heavy atom. The molecule has 0 atom stereocenters. The van der Waals surface area contributed by atoms with E-state index in [9.17, 15) is 14.7 Å². The highest BCUT2D eigenvalue weighted by Crippen LogP contribution is 2.40. The number of rotatable bonds is 9. The van der Waals surface area contributed by atoms with Crippen LogP contribution in [-0.2, 0) is 18.3 Å². The van der Waals surface area contributed by atoms with Gasteiger partial charge in [0.05, 0.1) is 28.8 Å². The number of nitrogens with zero attached hydrogens (tertiary/aromatic N) is 2. The van der Waals surface area contributed by atoms with E-state index in [0.29, 0.717) is 55.8 Å². The summed E-state index contributed by atoms with van der Waals surface area (Å²) in [5.41, 5.74) is 7.73. The summed E-state index contributed by atoms with van der Waals surface area (Å²) < 4.78 is 7.92. The number of hydrogen-bond acceptors (Lipinski definition) is 4. The average molecular weight is 626 g/mol. The summed E-state index contributed by atoms with van der Waals surface area (Å²) in [7, 11) is 1.90. The van der Waals surface area contributed by atoms with Crippen LogP contribution in [0.2, 0.25) is 10.0 Å². The SMILES string of the molecule is Cc1cc(OCCCc2c(C(=O)N[C@H]3CC[C@@H](C(=O)O)CC3)[nH]c3c(-c4c(C)nn(C)c4C)c(Cl)ccc23)cc(C)c1Cl. The molecule has 228 valence electrons. The van der Waals surface area contributed by atoms with Crippen molar-refractivity contribution >= 4 is 46.0 Å². The Kier molecular flexibility index (Phi) is 9.09. The molecule has 1 aliphatic rings. The highest BCUT2D eigenvalue weighted by atomic mass is 35.5. The summed E-state index contributed by atoms with van der Waals surface area (Å²) >= 11 is 13.1. The zero-order valence-corrected chi connectivity index (χ0v) is 26.7. The molecular weight excluding hydrogens is 587 g/mol. The minimum atomic E-state index is -0.765. The second-order valence-corrected chi connectivity index (χ2v) is 12.5. The largest absolute Gasteiger partial charge is 0.494 e. The fourth-order valence-electron chi connectivity index (χ4n) is 6.30. The van der Waals surface area contributed by atoms with Crippen molar-refractivity contribution in [1.82, 2.24) is 20.1 Å². The van der Waals surface area contributed by atoms with E-state index in [1.54, 1.807) is 0 Å². The van der Waals surface area contributed by atoms with Gasteiger partial charge in [-0.25, -0.2) is 0 Å². The Labute approximate surface area is 261 Å². The van der Waals surface area contributed by atoms with E-state index in [0.717, 1.165) is 60.9 Å². The molecule has 4 aromatic rings. The molecule has 0 saturated heterocycles. The Morgan fingerprint density at radius 2 is 1.74 bits per heavy atom. The molecule has 0 unspecified atom stereocenters. The van der Waals surface area contributed by atoms with Gasteiger partial charge < -0.3 is 20.1 Å². The number of aromatic amines is 1. The number of carbonyl (C=O) groups excluding carboxylic acids is 1. The maximum Gasteiger partial charge on any atom is 0.306 e. The maximum absolute atomic E-state index is 13.8. The molecule has 1 fully saturated rings. The third-order valence-corrected chi connectivity index (χ3v) is 9.59. The van der Waals surface area contributed by atoms with Gasteiger partial charge in [0.15, 0.2) is 0 Å². The lowest BCUT2D eigenvalue weighted by atomic mass is 9.86. The summed E-state index contributed by atoms with van der Waals surface area (Å²) in [6, 6.07) is 7.65. The number of benzene rings is 2. The lowest BCUT2D eigenvalue weighted by Crippen LogP contribution is -2.39. The second-order valence-electron chi connectivity index (χ2n) is 11.7. The number of carbonyl (C=O) groups is 2. The number of halogens is 2. The van der Waals surface area contributed by atoms with E-state index in [1.165, 1.54) is 0 Å². The third-order valence-electron chi connectivity index (χ3n) is 8.68. The van der Waals surface area contributed by atoms with E-state index >= 15 is 0 Å². The van der Waals surface area contributed by atoms with Gasteiger partial charge >= 0.3 is 5.97 Å². The van der Waals surface area contributed by atoms with Crippen molar-refractivity contribution in [2.45, 2.75) is 72.3 Å². The fourth-order valence-corrected chi connectivity index (χ4v) is 6.66. The number of ether oxygens (including phenoxy) is 1. The van der Waals surface area contributed by atoms with Crippen LogP contribution in [0.25, 0.3) is 22.0 Å². The molecule has 0 aliphatic heterocycles. The number of aromatic nitrogens is 3. The number of H-pyrrole nitrogens is 1. The number of carboxylic acids is 1. The number of amides is 1. The fraction of sp³-hybridized carbons (Fsp3) is 0.424. The van der Waals surface area contributed by atoms with Crippen molar-refractivity contribution in [2.75, 3.05) is 6.61 Å². The first-order valence-electron chi connectivity index (χ1n) is 14.7. The van der Waals surface area contributed by atoms with Gasteiger partial charge in [0.25, 0.3) is 5.91 Å². The molecule has 5 rings (SSSR count). The summed E-state index contributed by atoms with van der Waals surface area (Å²) in [6.45, 7) is 8.35. The van der Waals surface area contributed by atoms with Gasteiger partial charge in [-0.05, 0) is 101 Å². The first-order chi connectivity index (χ1) is 20.5. The minimum Gasteiger partial charge on any atom is -0.494 e. The molecular formula is C33H38Cl2N4O4. The number of nitrogens with one attached hydrogen (secondary N) is 2. The molecule has 3 N–H and O–H groups in total. The van der Waals surface area contributed by atoms with E-state index in [4.69, 9.17) is 27.9 Å². The van der Waals surface area contributed by atoms with Gasteiger partial charge in [-0.1, -0.05) is 29.3 Å². The summed E-state index contributed by atoms with van der Waals surface area (Å²) in [6.07, 6.45) is 3.67. The van der Waals surface area contributed by atoms with Gasteiger partial charge in [-0.15, -0.1) is 0 Å². The highest BCUT2D eigenvalue weighted by Gasteiger charge is 2.29. The zero-order chi connectivity index (χ0) is 31.0. The Hall–Kier alpha value is -3.49. The molecule has 0 spiro atoms. The van der Waals surface area contributed by atoms with E-state index < -0.39 is 5.97 Å². The number of carboxylic acid groups (broad SMARTS) is 1. The molecule has 2 heterocycles. The van der Waals surface area contributed by atoms with Crippen molar-refractivity contribution in [3.05, 3.63) is 68.1 Å². The van der Waals surface area contributed by atoms with Crippen LogP contribution >= 0.6 is 23.2 Å². The summed E-state index contributed by atoms with van der Waals surface area (Å²) in [5, 5.41) is 19.4. The van der Waals surface area contributed by atoms with Crippen LogP contribution in [0.3, 0.4) is 0 Å². The molecule has 0 radical (unpaired) electrons. The van der Waals surface area contributed by atoms with Gasteiger partial charge in [0, 0.05) is 40.3 Å². The standard InChI is InChI=1S/C33H38Cl2N4O4/c1-17-15-23(16-18(2)29(17)35)43-14-6-7-24-25-12-13-26(34)28(27-19(3)38-39(5)20(27)4)30(25)37-31(24)32(40)36-22-10-8-21(9-11-22)33(41)42/h12-13,15-16,21-22,37H,6-11,14H2,1-5H3,(H,36,40)(H,41,42)/t21-,22+. The van der Waals surface area contributed by atoms with Gasteiger partial charge in [-0.3, -0.25) is 14.3 Å². The Balaban J connectivity index is 1.46. The molecule has 1 aliphatic carbocycles. The number of hydrogen-bond donors (Lipinski definition) is 3. The Bertz CT molecular complexity index is 1680. The number of aryl methyl sites for hydroxylation is 5. The smallest absolute Gasteiger partial charge is 0.306 e. The molecule has 43 heavy (non-hydrogen) atoms. The highest BCUT2D eigenvalue weighted by molar-refractivity contribution is 6.35. The lowest BCUT2D eigenvalue weighted by molar-refractivity contribution is -0.142. The van der Waals surface area contributed by atoms with Crippen LogP contribution < -0.4 is 10.1 Å². The van der Waals surface area contributed by atoms with Crippen LogP contribution in [0.1, 0.15) is 70.7 Å². The summed E-state index contributed by atoms with van der Waals surface area (Å²) in [5.74, 6) is -0.540. The van der Waals surface area contributed by atoms with Crippen LogP contribution in [-0.4, -0.2) is 44.4 Å². The number of fused-ring (bicyclic) bond motifs is 1. The molecule has 8 nitrogen and oxygen atoms in total. The monoisotopic (exact) mass is 624 g/mol. The van der Waals surface area contributed by atoms with Crippen molar-refractivity contribution < 1.29 is 19.4 Å². The maximum atomic E-state index is 13.8. The first-order valence-corrected chi connectivity index (χ1v) is 15.5. The van der Waals surface area contributed by atoms with Crippen molar-refractivity contribution in [1.29, 1.82) is 0 Å². The van der Waals surface area contributed by atoms with E-state index in [1.807, 2.05) is 63.7 Å². The first kappa shape index (κ1) is 31.0. The van der Waals surface area contributed by atoms with Crippen LogP contribution in [0.4, 0.5) is 0 Å². The van der Waals surface area contributed by atoms with E-state index in [-0.39, 0.29) is 17.9 Å². The molecule has 2 aromatic carbocycles. The zero-order valence-electron chi connectivity index (χ0n) is 25.2. The van der Waals surface area contributed by atoms with Gasteiger partial charge in [0.2, 0.25) is 0 Å². The molecule has 0 bridgehead atoms. The predicted molar refractivity (Wildman–Crippen MR) is 171 cm³/mol. The second kappa shape index (κ2) is 12.6. The van der Waals surface area contributed by atoms with Crippen LogP contribution in [0, 0.1) is 33.6 Å². The van der Waals surface area contributed by atoms with Crippen LogP contribution in [0.15, 0.2) is 24.3 Å².